The molecule has 2 rings (SSSR count). The maximum absolute atomic E-state index is 14.0. The third-order valence-electron chi connectivity index (χ3n) is 2.73. The predicted molar refractivity (Wildman–Crippen MR) is 62.3 cm³/mol. The van der Waals surface area contributed by atoms with Crippen LogP contribution in [0.5, 0.6) is 0 Å². The molecule has 0 spiro atoms. The lowest BCUT2D eigenvalue weighted by Crippen LogP contribution is -2.24. The molecule has 9 heteroatoms. The lowest BCUT2D eigenvalue weighted by molar-refractivity contribution is -0.0288. The van der Waals surface area contributed by atoms with Crippen molar-refractivity contribution in [2.24, 2.45) is 0 Å². The van der Waals surface area contributed by atoms with Gasteiger partial charge in [0.25, 0.3) is 12.3 Å². The highest BCUT2D eigenvalue weighted by atomic mass is 19.3. The van der Waals surface area contributed by atoms with Crippen LogP contribution in [0, 0.1) is 0 Å². The summed E-state index contributed by atoms with van der Waals surface area (Å²) in [6, 6.07) is 6.55. The normalized spacial score (nSPS) is 11.9. The number of aromatic carboxylic acids is 1. The van der Waals surface area contributed by atoms with E-state index in [1.165, 1.54) is 18.2 Å². The molecular formula is C12H9F4N3O2. The molecule has 0 radical (unpaired) electrons. The van der Waals surface area contributed by atoms with Gasteiger partial charge in [0.1, 0.15) is 12.2 Å². The molecule has 0 aliphatic carbocycles. The molecule has 0 fully saturated rings. The van der Waals surface area contributed by atoms with E-state index in [2.05, 4.69) is 10.3 Å². The zero-order chi connectivity index (χ0) is 15.6. The Morgan fingerprint density at radius 3 is 2.43 bits per heavy atom. The molecule has 0 saturated carbocycles. The molecule has 1 aromatic heterocycles. The van der Waals surface area contributed by atoms with E-state index in [9.17, 15) is 22.4 Å². The highest BCUT2D eigenvalue weighted by Gasteiger charge is 2.36. The zero-order valence-electron chi connectivity index (χ0n) is 10.4. The summed E-state index contributed by atoms with van der Waals surface area (Å²) in [6.45, 7) is -1.23. The fourth-order valence-corrected chi connectivity index (χ4v) is 1.77. The smallest absolute Gasteiger partial charge is 0.358 e. The second-order valence-electron chi connectivity index (χ2n) is 4.16. The van der Waals surface area contributed by atoms with E-state index in [1.54, 1.807) is 0 Å². The minimum atomic E-state index is -3.49. The summed E-state index contributed by atoms with van der Waals surface area (Å²) in [6.07, 6.45) is -3.28. The number of rotatable bonds is 5. The van der Waals surface area contributed by atoms with Crippen molar-refractivity contribution in [2.45, 2.75) is 18.9 Å². The Bertz CT molecular complexity index is 643. The molecule has 0 bridgehead atoms. The van der Waals surface area contributed by atoms with Gasteiger partial charge < -0.3 is 5.11 Å². The van der Waals surface area contributed by atoms with Crippen LogP contribution in [-0.4, -0.2) is 26.1 Å². The fraction of sp³-hybridized carbons (Fsp3) is 0.250. The first kappa shape index (κ1) is 14.9. The van der Waals surface area contributed by atoms with Gasteiger partial charge in [0, 0.05) is 5.56 Å². The summed E-state index contributed by atoms with van der Waals surface area (Å²) in [4.78, 5) is 10.7. The fourth-order valence-electron chi connectivity index (χ4n) is 1.77. The van der Waals surface area contributed by atoms with Crippen molar-refractivity contribution >= 4 is 5.97 Å². The van der Waals surface area contributed by atoms with Crippen LogP contribution in [0.1, 0.15) is 28.2 Å². The molecule has 112 valence electrons. The molecule has 5 nitrogen and oxygen atoms in total. The third kappa shape index (κ3) is 3.01. The van der Waals surface area contributed by atoms with Crippen molar-refractivity contribution in [3.63, 3.8) is 0 Å². The lowest BCUT2D eigenvalue weighted by atomic mass is 10.1. The van der Waals surface area contributed by atoms with Crippen LogP contribution < -0.4 is 0 Å². The number of hydrogen-bond acceptors (Lipinski definition) is 3. The van der Waals surface area contributed by atoms with Gasteiger partial charge in [-0.2, -0.15) is 8.78 Å². The Balaban J connectivity index is 2.38. The van der Waals surface area contributed by atoms with Crippen molar-refractivity contribution < 1.29 is 27.5 Å². The van der Waals surface area contributed by atoms with Crippen LogP contribution in [0.15, 0.2) is 30.3 Å². The van der Waals surface area contributed by atoms with E-state index in [-0.39, 0.29) is 4.68 Å². The summed E-state index contributed by atoms with van der Waals surface area (Å²) < 4.78 is 54.0. The van der Waals surface area contributed by atoms with Gasteiger partial charge in [-0.25, -0.2) is 18.3 Å². The summed E-state index contributed by atoms with van der Waals surface area (Å²) in [5, 5.41) is 14.8. The topological polar surface area (TPSA) is 68.0 Å². The number of carboxylic acid groups (broad SMARTS) is 1. The Hall–Kier alpha value is -2.45. The largest absolute Gasteiger partial charge is 0.476 e. The van der Waals surface area contributed by atoms with Crippen molar-refractivity contribution in [1.29, 1.82) is 0 Å². The summed E-state index contributed by atoms with van der Waals surface area (Å²) in [7, 11) is 0. The van der Waals surface area contributed by atoms with Gasteiger partial charge in [0.2, 0.25) is 0 Å². The number of hydrogen-bond donors (Lipinski definition) is 1. The van der Waals surface area contributed by atoms with E-state index in [0.29, 0.717) is 0 Å². The average Bonchev–Trinajstić information content (AvgIpc) is 2.83. The molecule has 0 atom stereocenters. The van der Waals surface area contributed by atoms with Crippen LogP contribution in [0.4, 0.5) is 17.6 Å². The maximum Gasteiger partial charge on any atom is 0.358 e. The van der Waals surface area contributed by atoms with Gasteiger partial charge in [-0.05, 0) is 0 Å². The van der Waals surface area contributed by atoms with Crippen LogP contribution in [0.25, 0.3) is 0 Å². The van der Waals surface area contributed by atoms with Crippen LogP contribution in [-0.2, 0) is 12.5 Å². The van der Waals surface area contributed by atoms with Crippen molar-refractivity contribution in [3.05, 3.63) is 47.3 Å². The standard InChI is InChI=1S/C12H9F4N3O2/c13-10(14)9-8(11(20)21)17-18-19(9)6-12(15,16)7-4-2-1-3-5-7/h1-5,10H,6H2,(H,20,21). The highest BCUT2D eigenvalue weighted by molar-refractivity contribution is 5.86. The average molecular weight is 303 g/mol. The van der Waals surface area contributed by atoms with Gasteiger partial charge in [-0.1, -0.05) is 35.5 Å². The van der Waals surface area contributed by atoms with Crippen molar-refractivity contribution in [2.75, 3.05) is 0 Å². The number of aromatic nitrogens is 3. The number of alkyl halides is 4. The predicted octanol–water partition coefficient (Wildman–Crippen LogP) is 2.71. The first-order valence-corrected chi connectivity index (χ1v) is 5.71. The molecule has 1 aromatic carbocycles. The van der Waals surface area contributed by atoms with Gasteiger partial charge >= 0.3 is 5.97 Å². The first-order valence-electron chi connectivity index (χ1n) is 5.71. The van der Waals surface area contributed by atoms with Gasteiger partial charge in [-0.3, -0.25) is 0 Å². The van der Waals surface area contributed by atoms with Gasteiger partial charge in [-0.15, -0.1) is 5.10 Å². The second kappa shape index (κ2) is 5.51. The minimum absolute atomic E-state index is 0.223. The zero-order valence-corrected chi connectivity index (χ0v) is 10.4. The molecule has 1 N–H and O–H groups in total. The molecule has 0 aliphatic rings. The lowest BCUT2D eigenvalue weighted by Gasteiger charge is -2.17. The van der Waals surface area contributed by atoms with Gasteiger partial charge in [0.05, 0.1) is 0 Å². The highest BCUT2D eigenvalue weighted by Crippen LogP contribution is 2.31. The number of nitrogens with zero attached hydrogens (tertiary/aromatic N) is 3. The van der Waals surface area contributed by atoms with Crippen LogP contribution >= 0.6 is 0 Å². The monoisotopic (exact) mass is 303 g/mol. The van der Waals surface area contributed by atoms with E-state index in [0.717, 1.165) is 12.1 Å². The summed E-state index contributed by atoms with van der Waals surface area (Å²) in [5.74, 6) is -5.24. The Morgan fingerprint density at radius 2 is 1.90 bits per heavy atom. The molecule has 0 amide bonds. The number of carboxylic acids is 1. The van der Waals surface area contributed by atoms with Crippen molar-refractivity contribution in [3.8, 4) is 0 Å². The Morgan fingerprint density at radius 1 is 1.29 bits per heavy atom. The molecule has 1 heterocycles. The number of benzene rings is 1. The van der Waals surface area contributed by atoms with E-state index >= 15 is 0 Å². The van der Waals surface area contributed by atoms with Crippen LogP contribution in [0.3, 0.4) is 0 Å². The molecule has 21 heavy (non-hydrogen) atoms. The second-order valence-corrected chi connectivity index (χ2v) is 4.16. The third-order valence-corrected chi connectivity index (χ3v) is 2.73. The molecule has 0 aliphatic heterocycles. The Labute approximate surface area is 115 Å². The van der Waals surface area contributed by atoms with E-state index < -0.39 is 41.8 Å². The van der Waals surface area contributed by atoms with Gasteiger partial charge in [0.15, 0.2) is 5.69 Å². The first-order chi connectivity index (χ1) is 9.83. The molecular weight excluding hydrogens is 294 g/mol. The van der Waals surface area contributed by atoms with E-state index in [4.69, 9.17) is 5.11 Å². The molecule has 0 unspecified atom stereocenters. The number of halogens is 4. The SMILES string of the molecule is O=C(O)c1nnn(CC(F)(F)c2ccccc2)c1C(F)F. The molecule has 2 aromatic rings. The Kier molecular flexibility index (Phi) is 3.92. The van der Waals surface area contributed by atoms with Crippen LogP contribution in [0.2, 0.25) is 0 Å². The van der Waals surface area contributed by atoms with E-state index in [1.807, 2.05) is 0 Å². The maximum atomic E-state index is 14.0. The summed E-state index contributed by atoms with van der Waals surface area (Å²) in [5.41, 5.74) is -2.57. The van der Waals surface area contributed by atoms with Crippen molar-refractivity contribution in [1.82, 2.24) is 15.0 Å². The molecule has 0 saturated heterocycles. The quantitative estimate of drug-likeness (QED) is 0.862. The minimum Gasteiger partial charge on any atom is -0.476 e. The number of carbonyl (C=O) groups is 1. The summed E-state index contributed by atoms with van der Waals surface area (Å²) >= 11 is 0.